The van der Waals surface area contributed by atoms with E-state index >= 15 is 0 Å². The van der Waals surface area contributed by atoms with Gasteiger partial charge in [0.05, 0.1) is 25.9 Å². The Bertz CT molecular complexity index is 717. The highest BCUT2D eigenvalue weighted by atomic mass is 16.5. The number of morpholine rings is 1. The Kier molecular flexibility index (Phi) is 5.31. The molecule has 1 aromatic carbocycles. The zero-order chi connectivity index (χ0) is 16.8. The average Bonchev–Trinajstić information content (AvgIpc) is 3.05. The van der Waals surface area contributed by atoms with Crippen LogP contribution in [0, 0.1) is 11.3 Å². The van der Waals surface area contributed by atoms with E-state index in [-0.39, 0.29) is 5.69 Å². The lowest BCUT2D eigenvalue weighted by molar-refractivity contribution is 0.0398. The fourth-order valence-corrected chi connectivity index (χ4v) is 2.60. The van der Waals surface area contributed by atoms with Crippen LogP contribution < -0.4 is 10.1 Å². The highest BCUT2D eigenvalue weighted by Crippen LogP contribution is 2.31. The minimum absolute atomic E-state index is 0.248. The van der Waals surface area contributed by atoms with Gasteiger partial charge in [-0.15, -0.1) is 0 Å². The molecular weight excluding hydrogens is 308 g/mol. The maximum Gasteiger partial charge on any atom is 0.233 e. The summed E-state index contributed by atoms with van der Waals surface area (Å²) in [4.78, 5) is 6.57. The van der Waals surface area contributed by atoms with Gasteiger partial charge >= 0.3 is 0 Å². The number of aromatic nitrogens is 1. The molecule has 0 atom stereocenters. The molecule has 0 unspecified atom stereocenters. The van der Waals surface area contributed by atoms with E-state index in [2.05, 4.69) is 21.3 Å². The number of hydrogen-bond acceptors (Lipinski definition) is 7. The summed E-state index contributed by atoms with van der Waals surface area (Å²) in [5.41, 5.74) is 0.968. The third-order valence-corrected chi connectivity index (χ3v) is 3.89. The Hall–Kier alpha value is -2.56. The summed E-state index contributed by atoms with van der Waals surface area (Å²) in [6.45, 7) is 4.92. The van der Waals surface area contributed by atoms with Crippen molar-refractivity contribution in [3.05, 3.63) is 30.0 Å². The van der Waals surface area contributed by atoms with Crippen LogP contribution in [0.1, 0.15) is 5.69 Å². The van der Waals surface area contributed by atoms with Gasteiger partial charge < -0.3 is 19.2 Å². The number of rotatable bonds is 6. The van der Waals surface area contributed by atoms with Crippen molar-refractivity contribution < 1.29 is 13.9 Å². The van der Waals surface area contributed by atoms with Crippen LogP contribution in [0.2, 0.25) is 0 Å². The lowest BCUT2D eigenvalue weighted by atomic mass is 10.2. The van der Waals surface area contributed by atoms with Crippen molar-refractivity contribution in [2.24, 2.45) is 0 Å². The van der Waals surface area contributed by atoms with Crippen molar-refractivity contribution in [3.63, 3.8) is 0 Å². The molecule has 7 nitrogen and oxygen atoms in total. The van der Waals surface area contributed by atoms with Crippen LogP contribution in [0.3, 0.4) is 0 Å². The molecular formula is C17H20N4O3. The molecule has 0 spiro atoms. The van der Waals surface area contributed by atoms with Crippen LogP contribution in [-0.4, -0.2) is 56.4 Å². The lowest BCUT2D eigenvalue weighted by Gasteiger charge is -2.26. The Morgan fingerprint density at radius 2 is 2.12 bits per heavy atom. The van der Waals surface area contributed by atoms with Crippen LogP contribution in [0.15, 0.2) is 28.7 Å². The molecule has 0 aliphatic carbocycles. The number of ether oxygens (including phenoxy) is 2. The third-order valence-electron chi connectivity index (χ3n) is 3.89. The molecule has 7 heteroatoms. The van der Waals surface area contributed by atoms with E-state index in [1.54, 1.807) is 7.11 Å². The number of nitriles is 1. The van der Waals surface area contributed by atoms with Gasteiger partial charge in [0, 0.05) is 26.2 Å². The summed E-state index contributed by atoms with van der Waals surface area (Å²) in [5, 5.41) is 12.4. The van der Waals surface area contributed by atoms with Gasteiger partial charge in [0.2, 0.25) is 17.5 Å². The molecule has 0 amide bonds. The molecule has 1 aliphatic heterocycles. The molecule has 24 heavy (non-hydrogen) atoms. The van der Waals surface area contributed by atoms with E-state index in [4.69, 9.17) is 13.9 Å². The standard InChI is InChI=1S/C17H20N4O3/c1-22-15-5-3-2-4-13(15)16-20-14(12-18)17(24-16)19-6-7-21-8-10-23-11-9-21/h2-5,19H,6-11H2,1H3. The maximum absolute atomic E-state index is 9.28. The van der Waals surface area contributed by atoms with E-state index in [9.17, 15) is 5.26 Å². The van der Waals surface area contributed by atoms with E-state index in [1.807, 2.05) is 24.3 Å². The second kappa shape index (κ2) is 7.81. The fraction of sp³-hybridized carbons (Fsp3) is 0.412. The summed E-state index contributed by atoms with van der Waals surface area (Å²) < 4.78 is 16.4. The number of para-hydroxylation sites is 1. The Labute approximate surface area is 140 Å². The molecule has 1 N–H and O–H groups in total. The van der Waals surface area contributed by atoms with Crippen molar-refractivity contribution in [1.82, 2.24) is 9.88 Å². The molecule has 2 aromatic rings. The number of nitrogens with zero attached hydrogens (tertiary/aromatic N) is 3. The van der Waals surface area contributed by atoms with Crippen LogP contribution in [0.5, 0.6) is 5.75 Å². The lowest BCUT2D eigenvalue weighted by Crippen LogP contribution is -2.39. The fourth-order valence-electron chi connectivity index (χ4n) is 2.60. The van der Waals surface area contributed by atoms with E-state index < -0.39 is 0 Å². The summed E-state index contributed by atoms with van der Waals surface area (Å²) in [6.07, 6.45) is 0. The quantitative estimate of drug-likeness (QED) is 0.868. The van der Waals surface area contributed by atoms with Crippen LogP contribution >= 0.6 is 0 Å². The molecule has 126 valence electrons. The number of benzene rings is 1. The molecule has 1 fully saturated rings. The maximum atomic E-state index is 9.28. The first kappa shape index (κ1) is 16.3. The predicted octanol–water partition coefficient (Wildman–Crippen LogP) is 1.97. The van der Waals surface area contributed by atoms with Crippen molar-refractivity contribution in [2.45, 2.75) is 0 Å². The highest BCUT2D eigenvalue weighted by Gasteiger charge is 2.17. The molecule has 2 heterocycles. The Morgan fingerprint density at radius 1 is 1.33 bits per heavy atom. The number of nitrogens with one attached hydrogen (secondary N) is 1. The van der Waals surface area contributed by atoms with Crippen LogP contribution in [0.25, 0.3) is 11.5 Å². The van der Waals surface area contributed by atoms with Crippen molar-refractivity contribution in [3.8, 4) is 23.3 Å². The molecule has 0 bridgehead atoms. The molecule has 1 aliphatic rings. The Balaban J connectivity index is 1.70. The molecule has 3 rings (SSSR count). The van der Waals surface area contributed by atoms with Gasteiger partial charge in [0.25, 0.3) is 0 Å². The molecule has 1 aromatic heterocycles. The minimum atomic E-state index is 0.248. The summed E-state index contributed by atoms with van der Waals surface area (Å²) in [5.74, 6) is 1.42. The van der Waals surface area contributed by atoms with Gasteiger partial charge in [0.1, 0.15) is 11.8 Å². The second-order valence-electron chi connectivity index (χ2n) is 5.39. The van der Waals surface area contributed by atoms with E-state index in [0.29, 0.717) is 24.1 Å². The van der Waals surface area contributed by atoms with Gasteiger partial charge in [-0.2, -0.15) is 10.2 Å². The number of methoxy groups -OCH3 is 1. The first-order chi connectivity index (χ1) is 11.8. The molecule has 0 saturated carbocycles. The van der Waals surface area contributed by atoms with Gasteiger partial charge in [-0.25, -0.2) is 0 Å². The highest BCUT2D eigenvalue weighted by molar-refractivity contribution is 5.65. The SMILES string of the molecule is COc1ccccc1-c1nc(C#N)c(NCCN2CCOCC2)o1. The molecule has 0 radical (unpaired) electrons. The largest absolute Gasteiger partial charge is 0.496 e. The zero-order valence-electron chi connectivity index (χ0n) is 13.6. The van der Waals surface area contributed by atoms with Crippen molar-refractivity contribution >= 4 is 5.88 Å². The monoisotopic (exact) mass is 328 g/mol. The van der Waals surface area contributed by atoms with Crippen LogP contribution in [-0.2, 0) is 4.74 Å². The summed E-state index contributed by atoms with van der Waals surface area (Å²) >= 11 is 0. The number of anilines is 1. The molecule has 1 saturated heterocycles. The second-order valence-corrected chi connectivity index (χ2v) is 5.39. The van der Waals surface area contributed by atoms with Gasteiger partial charge in [0.15, 0.2) is 0 Å². The van der Waals surface area contributed by atoms with Gasteiger partial charge in [-0.1, -0.05) is 12.1 Å². The van der Waals surface area contributed by atoms with Crippen molar-refractivity contribution in [1.29, 1.82) is 5.26 Å². The topological polar surface area (TPSA) is 83.5 Å². The minimum Gasteiger partial charge on any atom is -0.496 e. The predicted molar refractivity (Wildman–Crippen MR) is 89.0 cm³/mol. The summed E-state index contributed by atoms with van der Waals surface area (Å²) in [6, 6.07) is 9.50. The Morgan fingerprint density at radius 3 is 2.88 bits per heavy atom. The first-order valence-corrected chi connectivity index (χ1v) is 7.90. The smallest absolute Gasteiger partial charge is 0.233 e. The average molecular weight is 328 g/mol. The number of hydrogen-bond donors (Lipinski definition) is 1. The van der Waals surface area contributed by atoms with Gasteiger partial charge in [-0.3, -0.25) is 4.90 Å². The first-order valence-electron chi connectivity index (χ1n) is 7.90. The normalized spacial score (nSPS) is 15.0. The zero-order valence-corrected chi connectivity index (χ0v) is 13.6. The third kappa shape index (κ3) is 3.67. The van der Waals surface area contributed by atoms with E-state index in [1.165, 1.54) is 0 Å². The van der Waals surface area contributed by atoms with E-state index in [0.717, 1.165) is 38.4 Å². The van der Waals surface area contributed by atoms with Crippen LogP contribution in [0.4, 0.5) is 5.88 Å². The number of oxazole rings is 1. The van der Waals surface area contributed by atoms with Crippen molar-refractivity contribution in [2.75, 3.05) is 51.8 Å². The van der Waals surface area contributed by atoms with Gasteiger partial charge in [-0.05, 0) is 12.1 Å². The summed E-state index contributed by atoms with van der Waals surface area (Å²) in [7, 11) is 1.59.